The van der Waals surface area contributed by atoms with Crippen molar-refractivity contribution in [2.24, 2.45) is 0 Å². The van der Waals surface area contributed by atoms with Gasteiger partial charge in [-0.3, -0.25) is 0 Å². The van der Waals surface area contributed by atoms with Gasteiger partial charge in [0.2, 0.25) is 0 Å². The molecular weight excluding hydrogens is 617 g/mol. The summed E-state index contributed by atoms with van der Waals surface area (Å²) in [6.45, 7) is 0. The lowest BCUT2D eigenvalue weighted by Gasteiger charge is -2.26. The maximum atomic E-state index is 2.34. The maximum Gasteiger partial charge on any atom is 0.0462 e. The van der Waals surface area contributed by atoms with Crippen LogP contribution in [0.4, 0.5) is 34.1 Å². The molecule has 0 bridgehead atoms. The Morgan fingerprint density at radius 1 is 0.216 bits per heavy atom. The molecule has 0 radical (unpaired) electrons. The van der Waals surface area contributed by atoms with Gasteiger partial charge in [-0.25, -0.2) is 0 Å². The SMILES string of the molecule is c1ccc(-c2ccc(N(c3ccc(Cc4ccc(N(c5ccccc5)c5ccccc5)cc4)cc3)c3ccc(-c4ccccc4)cc3)cc2)cc1. The lowest BCUT2D eigenvalue weighted by Crippen LogP contribution is -2.10. The van der Waals surface area contributed by atoms with Crippen LogP contribution in [0.3, 0.4) is 0 Å². The molecule has 0 spiro atoms. The largest absolute Gasteiger partial charge is 0.311 e. The molecule has 0 atom stereocenters. The number of hydrogen-bond donors (Lipinski definition) is 0. The van der Waals surface area contributed by atoms with Gasteiger partial charge in [0, 0.05) is 34.1 Å². The second kappa shape index (κ2) is 14.9. The molecule has 0 fully saturated rings. The van der Waals surface area contributed by atoms with Crippen molar-refractivity contribution in [2.75, 3.05) is 9.80 Å². The highest BCUT2D eigenvalue weighted by molar-refractivity contribution is 5.80. The van der Waals surface area contributed by atoms with E-state index in [1.165, 1.54) is 33.4 Å². The van der Waals surface area contributed by atoms with Crippen LogP contribution in [-0.4, -0.2) is 0 Å². The summed E-state index contributed by atoms with van der Waals surface area (Å²) in [6, 6.07) is 77.8. The van der Waals surface area contributed by atoms with E-state index in [9.17, 15) is 0 Å². The van der Waals surface area contributed by atoms with Gasteiger partial charge in [0.25, 0.3) is 0 Å². The third kappa shape index (κ3) is 7.22. The van der Waals surface area contributed by atoms with E-state index >= 15 is 0 Å². The van der Waals surface area contributed by atoms with Gasteiger partial charge in [-0.1, -0.05) is 146 Å². The zero-order chi connectivity index (χ0) is 34.2. The van der Waals surface area contributed by atoms with Crippen LogP contribution in [0, 0.1) is 0 Å². The number of para-hydroxylation sites is 2. The first-order valence-electron chi connectivity index (χ1n) is 17.5. The summed E-state index contributed by atoms with van der Waals surface area (Å²) in [5, 5.41) is 0. The van der Waals surface area contributed by atoms with E-state index in [1.807, 2.05) is 0 Å². The van der Waals surface area contributed by atoms with Crippen molar-refractivity contribution in [1.29, 1.82) is 0 Å². The highest BCUT2D eigenvalue weighted by Crippen LogP contribution is 2.38. The summed E-state index contributed by atoms with van der Waals surface area (Å²) in [6.07, 6.45) is 0.856. The molecule has 2 heteroatoms. The predicted octanol–water partition coefficient (Wildman–Crippen LogP) is 13.6. The van der Waals surface area contributed by atoms with Crippen LogP contribution in [0.25, 0.3) is 22.3 Å². The molecule has 0 aliphatic rings. The van der Waals surface area contributed by atoms with Gasteiger partial charge in [0.1, 0.15) is 0 Å². The lowest BCUT2D eigenvalue weighted by molar-refractivity contribution is 1.18. The third-order valence-electron chi connectivity index (χ3n) is 9.29. The number of benzene rings is 8. The first kappa shape index (κ1) is 31.6. The zero-order valence-electron chi connectivity index (χ0n) is 28.4. The molecule has 51 heavy (non-hydrogen) atoms. The number of rotatable bonds is 10. The average molecular weight is 655 g/mol. The molecule has 8 aromatic rings. The van der Waals surface area contributed by atoms with Gasteiger partial charge in [-0.2, -0.15) is 0 Å². The summed E-state index contributed by atoms with van der Waals surface area (Å²) >= 11 is 0. The molecular formula is C49H38N2. The highest BCUT2D eigenvalue weighted by atomic mass is 15.1. The van der Waals surface area contributed by atoms with Gasteiger partial charge in [-0.15, -0.1) is 0 Å². The van der Waals surface area contributed by atoms with Crippen LogP contribution < -0.4 is 9.80 Å². The Balaban J connectivity index is 1.06. The van der Waals surface area contributed by atoms with E-state index in [1.54, 1.807) is 0 Å². The van der Waals surface area contributed by atoms with Crippen molar-refractivity contribution in [3.63, 3.8) is 0 Å². The van der Waals surface area contributed by atoms with Crippen molar-refractivity contribution in [3.05, 3.63) is 230 Å². The van der Waals surface area contributed by atoms with Crippen LogP contribution in [0.5, 0.6) is 0 Å². The molecule has 0 unspecified atom stereocenters. The minimum Gasteiger partial charge on any atom is -0.311 e. The molecule has 0 N–H and O–H groups in total. The van der Waals surface area contributed by atoms with Crippen molar-refractivity contribution in [1.82, 2.24) is 0 Å². The number of hydrogen-bond acceptors (Lipinski definition) is 2. The van der Waals surface area contributed by atoms with Crippen molar-refractivity contribution >= 4 is 34.1 Å². The fourth-order valence-corrected chi connectivity index (χ4v) is 6.68. The molecule has 0 heterocycles. The second-order valence-corrected chi connectivity index (χ2v) is 12.7. The van der Waals surface area contributed by atoms with Crippen molar-refractivity contribution in [3.8, 4) is 22.3 Å². The molecule has 0 aromatic heterocycles. The monoisotopic (exact) mass is 654 g/mol. The minimum absolute atomic E-state index is 0.856. The summed E-state index contributed by atoms with van der Waals surface area (Å²) in [5.74, 6) is 0. The summed E-state index contributed by atoms with van der Waals surface area (Å²) < 4.78 is 0. The standard InChI is InChI=1S/C49H38N2/c1-5-13-40(14-6-1)42-25-33-48(34-26-42)51(49-35-27-43(28-36-49)41-15-7-2-8-16-41)47-31-23-39(24-32-47)37-38-21-29-46(30-22-38)50(44-17-9-3-10-18-44)45-19-11-4-12-20-45/h1-36H,37H2. The number of nitrogens with zero attached hydrogens (tertiary/aromatic N) is 2. The van der Waals surface area contributed by atoms with Gasteiger partial charge >= 0.3 is 0 Å². The maximum absolute atomic E-state index is 2.34. The summed E-state index contributed by atoms with van der Waals surface area (Å²) in [7, 11) is 0. The molecule has 8 aromatic carbocycles. The Hall–Kier alpha value is -6.64. The van der Waals surface area contributed by atoms with E-state index in [2.05, 4.69) is 228 Å². The van der Waals surface area contributed by atoms with E-state index in [0.29, 0.717) is 0 Å². The van der Waals surface area contributed by atoms with E-state index < -0.39 is 0 Å². The van der Waals surface area contributed by atoms with E-state index in [4.69, 9.17) is 0 Å². The second-order valence-electron chi connectivity index (χ2n) is 12.7. The number of anilines is 6. The van der Waals surface area contributed by atoms with Crippen LogP contribution in [0.1, 0.15) is 11.1 Å². The Kier molecular flexibility index (Phi) is 9.21. The first-order chi connectivity index (χ1) is 25.3. The van der Waals surface area contributed by atoms with Crippen LogP contribution in [0.2, 0.25) is 0 Å². The molecule has 0 aliphatic heterocycles. The van der Waals surface area contributed by atoms with E-state index in [0.717, 1.165) is 40.5 Å². The first-order valence-corrected chi connectivity index (χ1v) is 17.5. The van der Waals surface area contributed by atoms with Gasteiger partial charge in [0.15, 0.2) is 0 Å². The van der Waals surface area contributed by atoms with Crippen LogP contribution >= 0.6 is 0 Å². The molecule has 0 aliphatic carbocycles. The fourth-order valence-electron chi connectivity index (χ4n) is 6.68. The van der Waals surface area contributed by atoms with Gasteiger partial charge < -0.3 is 9.80 Å². The Bertz CT molecular complexity index is 2140. The molecule has 8 rings (SSSR count). The smallest absolute Gasteiger partial charge is 0.0462 e. The quantitative estimate of drug-likeness (QED) is 0.145. The minimum atomic E-state index is 0.856. The Labute approximate surface area is 301 Å². The predicted molar refractivity (Wildman–Crippen MR) is 216 cm³/mol. The fraction of sp³-hybridized carbons (Fsp3) is 0.0204. The normalized spacial score (nSPS) is 10.8. The third-order valence-corrected chi connectivity index (χ3v) is 9.29. The molecule has 0 amide bonds. The average Bonchev–Trinajstić information content (AvgIpc) is 3.21. The lowest BCUT2D eigenvalue weighted by atomic mass is 10.0. The van der Waals surface area contributed by atoms with Crippen molar-refractivity contribution in [2.45, 2.75) is 6.42 Å². The summed E-state index contributed by atoms with van der Waals surface area (Å²) in [5.41, 5.74) is 14.2. The van der Waals surface area contributed by atoms with Crippen LogP contribution in [-0.2, 0) is 6.42 Å². The van der Waals surface area contributed by atoms with Gasteiger partial charge in [0.05, 0.1) is 0 Å². The van der Waals surface area contributed by atoms with Crippen LogP contribution in [0.15, 0.2) is 218 Å². The zero-order valence-corrected chi connectivity index (χ0v) is 28.4. The molecule has 0 saturated heterocycles. The molecule has 2 nitrogen and oxygen atoms in total. The summed E-state index contributed by atoms with van der Waals surface area (Å²) in [4.78, 5) is 4.63. The Morgan fingerprint density at radius 3 is 0.765 bits per heavy atom. The molecule has 244 valence electrons. The van der Waals surface area contributed by atoms with E-state index in [-0.39, 0.29) is 0 Å². The van der Waals surface area contributed by atoms with Gasteiger partial charge in [-0.05, 0) is 113 Å². The molecule has 0 saturated carbocycles. The van der Waals surface area contributed by atoms with Crippen molar-refractivity contribution < 1.29 is 0 Å². The Morgan fingerprint density at radius 2 is 0.451 bits per heavy atom. The topological polar surface area (TPSA) is 6.48 Å². The highest BCUT2D eigenvalue weighted by Gasteiger charge is 2.15.